The number of aliphatic hydroxyl groups is 1. The van der Waals surface area contributed by atoms with E-state index in [1.165, 1.54) is 0 Å². The molecule has 26 heavy (non-hydrogen) atoms. The molecule has 1 aromatic carbocycles. The van der Waals surface area contributed by atoms with Crippen LogP contribution in [0.5, 0.6) is 5.75 Å². The third kappa shape index (κ3) is 3.09. The molecule has 2 fully saturated rings. The number of benzene rings is 1. The van der Waals surface area contributed by atoms with Crippen molar-refractivity contribution < 1.29 is 19.4 Å². The second-order valence-electron chi connectivity index (χ2n) is 7.41. The fraction of sp³-hybridized carbons (Fsp3) is 0.500. The summed E-state index contributed by atoms with van der Waals surface area (Å²) in [6.07, 6.45) is 4.36. The fourth-order valence-corrected chi connectivity index (χ4v) is 4.09. The Morgan fingerprint density at radius 3 is 2.77 bits per heavy atom. The van der Waals surface area contributed by atoms with Gasteiger partial charge in [0.15, 0.2) is 0 Å². The average Bonchev–Trinajstić information content (AvgIpc) is 2.93. The molecule has 2 aliphatic heterocycles. The first-order valence-corrected chi connectivity index (χ1v) is 9.30. The minimum atomic E-state index is -0.454. The van der Waals surface area contributed by atoms with Gasteiger partial charge >= 0.3 is 0 Å². The van der Waals surface area contributed by atoms with E-state index in [-0.39, 0.29) is 17.9 Å². The van der Waals surface area contributed by atoms with Crippen LogP contribution in [0.2, 0.25) is 0 Å². The van der Waals surface area contributed by atoms with E-state index in [2.05, 4.69) is 11.9 Å². The van der Waals surface area contributed by atoms with Crippen LogP contribution in [-0.2, 0) is 11.3 Å². The molecule has 2 amide bonds. The molecule has 138 valence electrons. The summed E-state index contributed by atoms with van der Waals surface area (Å²) in [5, 5.41) is 12.8. The molecular formula is C20H24N2O4. The van der Waals surface area contributed by atoms with E-state index in [9.17, 15) is 14.7 Å². The van der Waals surface area contributed by atoms with Crippen LogP contribution in [0.4, 0.5) is 0 Å². The van der Waals surface area contributed by atoms with Crippen molar-refractivity contribution in [3.05, 3.63) is 41.6 Å². The van der Waals surface area contributed by atoms with E-state index in [1.807, 2.05) is 6.07 Å². The number of hydrogen-bond acceptors (Lipinski definition) is 4. The maximum absolute atomic E-state index is 12.7. The van der Waals surface area contributed by atoms with E-state index in [4.69, 9.17) is 4.74 Å². The predicted octanol–water partition coefficient (Wildman–Crippen LogP) is 2.12. The lowest BCUT2D eigenvalue weighted by Crippen LogP contribution is -2.49. The summed E-state index contributed by atoms with van der Waals surface area (Å²) in [6, 6.07) is 4.96. The monoisotopic (exact) mass is 356 g/mol. The largest absolute Gasteiger partial charge is 0.488 e. The Hall–Kier alpha value is -2.34. The number of fused-ring (bicyclic) bond motifs is 1. The van der Waals surface area contributed by atoms with Crippen molar-refractivity contribution >= 4 is 11.8 Å². The average molecular weight is 356 g/mol. The lowest BCUT2D eigenvalue weighted by Gasteiger charge is -2.30. The fourth-order valence-electron chi connectivity index (χ4n) is 4.09. The maximum atomic E-state index is 12.7. The smallest absolute Gasteiger partial charge is 0.255 e. The minimum Gasteiger partial charge on any atom is -0.488 e. The quantitative estimate of drug-likeness (QED) is 0.869. The number of hydrogen-bond donors (Lipinski definition) is 2. The summed E-state index contributed by atoms with van der Waals surface area (Å²) in [4.78, 5) is 26.6. The molecule has 1 saturated heterocycles. The number of amides is 2. The normalized spacial score (nSPS) is 28.7. The van der Waals surface area contributed by atoms with Gasteiger partial charge in [-0.15, -0.1) is 0 Å². The van der Waals surface area contributed by atoms with Crippen LogP contribution >= 0.6 is 0 Å². The molecule has 2 heterocycles. The summed E-state index contributed by atoms with van der Waals surface area (Å²) >= 11 is 0. The summed E-state index contributed by atoms with van der Waals surface area (Å²) < 4.78 is 5.97. The lowest BCUT2D eigenvalue weighted by atomic mass is 9.95. The molecule has 2 N–H and O–H groups in total. The van der Waals surface area contributed by atoms with Gasteiger partial charge in [0.1, 0.15) is 17.9 Å². The van der Waals surface area contributed by atoms with Gasteiger partial charge in [-0.3, -0.25) is 9.59 Å². The zero-order valence-electron chi connectivity index (χ0n) is 14.7. The Morgan fingerprint density at radius 1 is 1.19 bits per heavy atom. The van der Waals surface area contributed by atoms with Gasteiger partial charge in [-0.25, -0.2) is 0 Å². The van der Waals surface area contributed by atoms with Gasteiger partial charge in [-0.2, -0.15) is 0 Å². The number of nitrogens with one attached hydrogen (secondary N) is 1. The van der Waals surface area contributed by atoms with Crippen LogP contribution in [0.3, 0.4) is 0 Å². The third-order valence-corrected chi connectivity index (χ3v) is 5.56. The second-order valence-corrected chi connectivity index (χ2v) is 7.41. The van der Waals surface area contributed by atoms with Gasteiger partial charge in [0, 0.05) is 17.8 Å². The zero-order valence-corrected chi connectivity index (χ0v) is 14.7. The van der Waals surface area contributed by atoms with E-state index < -0.39 is 12.1 Å². The summed E-state index contributed by atoms with van der Waals surface area (Å²) in [5.74, 6) is 0.395. The van der Waals surface area contributed by atoms with Crippen LogP contribution in [0.25, 0.3) is 0 Å². The Bertz CT molecular complexity index is 760. The number of nitrogens with zero attached hydrogens (tertiary/aromatic N) is 1. The number of piperidine rings is 1. The van der Waals surface area contributed by atoms with Gasteiger partial charge in [0.25, 0.3) is 5.91 Å². The molecular weight excluding hydrogens is 332 g/mol. The first-order chi connectivity index (χ1) is 12.5. The van der Waals surface area contributed by atoms with Crippen molar-refractivity contribution in [2.45, 2.75) is 63.3 Å². The molecule has 6 nitrogen and oxygen atoms in total. The van der Waals surface area contributed by atoms with Crippen LogP contribution in [0.15, 0.2) is 30.5 Å². The zero-order chi connectivity index (χ0) is 18.3. The van der Waals surface area contributed by atoms with Crippen LogP contribution in [0.1, 0.15) is 54.4 Å². The molecule has 1 aliphatic carbocycles. The first-order valence-electron chi connectivity index (χ1n) is 9.30. The van der Waals surface area contributed by atoms with Gasteiger partial charge < -0.3 is 20.1 Å². The van der Waals surface area contributed by atoms with Crippen molar-refractivity contribution in [2.75, 3.05) is 0 Å². The number of carbonyl (C=O) groups excluding carboxylic acids is 2. The maximum Gasteiger partial charge on any atom is 0.255 e. The molecule has 0 aromatic heterocycles. The lowest BCUT2D eigenvalue weighted by molar-refractivity contribution is -0.126. The highest BCUT2D eigenvalue weighted by atomic mass is 16.5. The summed E-state index contributed by atoms with van der Waals surface area (Å²) in [5.41, 5.74) is 2.20. The van der Waals surface area contributed by atoms with Crippen LogP contribution < -0.4 is 10.1 Å². The molecule has 0 spiro atoms. The molecule has 1 aromatic rings. The predicted molar refractivity (Wildman–Crippen MR) is 95.5 cm³/mol. The van der Waals surface area contributed by atoms with Gasteiger partial charge in [0.05, 0.1) is 6.10 Å². The van der Waals surface area contributed by atoms with Crippen molar-refractivity contribution in [3.63, 3.8) is 0 Å². The molecule has 4 rings (SSSR count). The number of carbonyl (C=O) groups is 2. The Morgan fingerprint density at radius 2 is 2.00 bits per heavy atom. The molecule has 1 saturated carbocycles. The summed E-state index contributed by atoms with van der Waals surface area (Å²) in [6.45, 7) is 4.19. The summed E-state index contributed by atoms with van der Waals surface area (Å²) in [7, 11) is 0. The van der Waals surface area contributed by atoms with Crippen molar-refractivity contribution in [3.8, 4) is 5.75 Å². The third-order valence-electron chi connectivity index (χ3n) is 5.56. The van der Waals surface area contributed by atoms with Crippen molar-refractivity contribution in [2.24, 2.45) is 0 Å². The standard InChI is InChI=1S/C20H24N2O4/c1-12-6-9-16(19(24)21-12)22-11-13-10-14(7-8-15(13)20(22)25)26-18-5-3-2-4-17(18)23/h7-8,10,16-18,23H,1-6,9,11H2,(H,21,24)/t16?,17-,18+/m0/s1. The Balaban J connectivity index is 1.49. The molecule has 0 bridgehead atoms. The van der Waals surface area contributed by atoms with Crippen LogP contribution in [-0.4, -0.2) is 40.1 Å². The minimum absolute atomic E-state index is 0.114. The number of rotatable bonds is 3. The van der Waals surface area contributed by atoms with Crippen molar-refractivity contribution in [1.29, 1.82) is 0 Å². The van der Waals surface area contributed by atoms with Gasteiger partial charge in [-0.05, 0) is 55.9 Å². The molecule has 3 atom stereocenters. The molecule has 6 heteroatoms. The first kappa shape index (κ1) is 17.1. The highest BCUT2D eigenvalue weighted by Gasteiger charge is 2.38. The number of ether oxygens (including phenoxy) is 1. The highest BCUT2D eigenvalue weighted by molar-refractivity contribution is 6.01. The van der Waals surface area contributed by atoms with E-state index in [1.54, 1.807) is 17.0 Å². The Labute approximate surface area is 152 Å². The Kier molecular flexibility index (Phi) is 4.44. The van der Waals surface area contributed by atoms with Gasteiger partial charge in [-0.1, -0.05) is 13.0 Å². The molecule has 0 radical (unpaired) electrons. The molecule has 1 unspecified atom stereocenters. The topological polar surface area (TPSA) is 78.9 Å². The van der Waals surface area contributed by atoms with E-state index in [0.29, 0.717) is 36.4 Å². The highest BCUT2D eigenvalue weighted by Crippen LogP contribution is 2.32. The SMILES string of the molecule is C=C1CCC(N2Cc3cc(O[C@@H]4CCCC[C@@H]4O)ccc3C2=O)C(=O)N1. The van der Waals surface area contributed by atoms with E-state index in [0.717, 1.165) is 31.2 Å². The van der Waals surface area contributed by atoms with E-state index >= 15 is 0 Å². The number of aliphatic hydroxyl groups excluding tert-OH is 1. The van der Waals surface area contributed by atoms with Crippen LogP contribution in [0, 0.1) is 0 Å². The molecule has 3 aliphatic rings. The second kappa shape index (κ2) is 6.76. The van der Waals surface area contributed by atoms with Gasteiger partial charge in [0.2, 0.25) is 5.91 Å². The van der Waals surface area contributed by atoms with Crippen molar-refractivity contribution in [1.82, 2.24) is 10.2 Å². The number of allylic oxidation sites excluding steroid dienone is 1.